The van der Waals surface area contributed by atoms with E-state index >= 15 is 0 Å². The molecule has 0 saturated carbocycles. The van der Waals surface area contributed by atoms with Crippen LogP contribution in [0.3, 0.4) is 0 Å². The molecular formula is C24H16N2O2. The summed E-state index contributed by atoms with van der Waals surface area (Å²) in [7, 11) is 2.08. The van der Waals surface area contributed by atoms with E-state index in [2.05, 4.69) is 71.2 Å². The Morgan fingerprint density at radius 1 is 0.643 bits per heavy atom. The molecule has 0 fully saturated rings. The molecule has 28 heavy (non-hydrogen) atoms. The lowest BCUT2D eigenvalue weighted by atomic mass is 9.76. The Bertz CT molecular complexity index is 1230. The SMILES string of the molecule is Cn1cccc1N1c2cccc3c2C2c4c(cccc4Oc4cccc1c42)O3. The van der Waals surface area contributed by atoms with Crippen LogP contribution >= 0.6 is 0 Å². The van der Waals surface area contributed by atoms with Gasteiger partial charge in [-0.15, -0.1) is 0 Å². The highest BCUT2D eigenvalue weighted by Crippen LogP contribution is 2.64. The van der Waals surface area contributed by atoms with Crippen LogP contribution in [0.5, 0.6) is 23.0 Å². The van der Waals surface area contributed by atoms with Crippen LogP contribution in [0, 0.1) is 0 Å². The number of hydrogen-bond donors (Lipinski definition) is 0. The van der Waals surface area contributed by atoms with E-state index in [0.29, 0.717) is 0 Å². The van der Waals surface area contributed by atoms with Crippen LogP contribution in [-0.4, -0.2) is 4.57 Å². The van der Waals surface area contributed by atoms with Crippen LogP contribution in [0.4, 0.5) is 17.2 Å². The molecule has 3 aliphatic rings. The quantitative estimate of drug-likeness (QED) is 0.347. The van der Waals surface area contributed by atoms with Gasteiger partial charge < -0.3 is 14.0 Å². The summed E-state index contributed by atoms with van der Waals surface area (Å²) < 4.78 is 14.8. The van der Waals surface area contributed by atoms with Crippen molar-refractivity contribution in [2.24, 2.45) is 7.05 Å². The van der Waals surface area contributed by atoms with Crippen LogP contribution in [0.15, 0.2) is 72.9 Å². The molecule has 3 aliphatic heterocycles. The summed E-state index contributed by atoms with van der Waals surface area (Å²) in [5, 5.41) is 0. The summed E-state index contributed by atoms with van der Waals surface area (Å²) in [6.45, 7) is 0. The number of benzene rings is 3. The Kier molecular flexibility index (Phi) is 2.46. The minimum atomic E-state index is 0.127. The van der Waals surface area contributed by atoms with Gasteiger partial charge in [0.1, 0.15) is 28.8 Å². The van der Waals surface area contributed by atoms with Crippen molar-refractivity contribution in [3.05, 3.63) is 89.6 Å². The summed E-state index contributed by atoms with van der Waals surface area (Å²) >= 11 is 0. The predicted octanol–water partition coefficient (Wildman–Crippen LogP) is 6.20. The second-order valence-corrected chi connectivity index (χ2v) is 7.50. The summed E-state index contributed by atoms with van der Waals surface area (Å²) in [6, 6.07) is 23.0. The van der Waals surface area contributed by atoms with Crippen molar-refractivity contribution in [2.75, 3.05) is 4.90 Å². The van der Waals surface area contributed by atoms with Crippen molar-refractivity contribution in [1.82, 2.24) is 4.57 Å². The molecule has 0 spiro atoms. The van der Waals surface area contributed by atoms with Gasteiger partial charge in [-0.05, 0) is 48.5 Å². The van der Waals surface area contributed by atoms with Crippen LogP contribution < -0.4 is 14.4 Å². The molecule has 4 aromatic rings. The molecule has 0 amide bonds. The second-order valence-electron chi connectivity index (χ2n) is 7.50. The van der Waals surface area contributed by atoms with E-state index in [9.17, 15) is 0 Å². The highest BCUT2D eigenvalue weighted by Gasteiger charge is 2.44. The first-order valence-corrected chi connectivity index (χ1v) is 9.47. The average molecular weight is 364 g/mol. The standard InChI is InChI=1S/C24H16N2O2/c1-25-13-5-12-20(25)26-14-6-2-8-16-21(14)24-22-15(26)7-3-9-17(22)28-19-11-4-10-18(27-16)23(19)24/h2-13,24H,1H3. The van der Waals surface area contributed by atoms with Crippen molar-refractivity contribution in [3.63, 3.8) is 0 Å². The molecule has 7 rings (SSSR count). The Hall–Kier alpha value is -3.66. The maximum absolute atomic E-state index is 6.33. The highest BCUT2D eigenvalue weighted by molar-refractivity contribution is 5.90. The molecule has 1 aromatic heterocycles. The maximum Gasteiger partial charge on any atom is 0.135 e. The first kappa shape index (κ1) is 14.4. The van der Waals surface area contributed by atoms with Crippen molar-refractivity contribution in [2.45, 2.75) is 5.92 Å². The van der Waals surface area contributed by atoms with Gasteiger partial charge in [-0.3, -0.25) is 4.90 Å². The van der Waals surface area contributed by atoms with Gasteiger partial charge in [-0.2, -0.15) is 0 Å². The Morgan fingerprint density at radius 2 is 1.18 bits per heavy atom. The van der Waals surface area contributed by atoms with Crippen LogP contribution in [0.1, 0.15) is 22.6 Å². The zero-order valence-electron chi connectivity index (χ0n) is 15.2. The summed E-state index contributed by atoms with van der Waals surface area (Å²) in [5.41, 5.74) is 5.89. The van der Waals surface area contributed by atoms with E-state index in [4.69, 9.17) is 9.47 Å². The fraction of sp³-hybridized carbons (Fsp3) is 0.0833. The van der Waals surface area contributed by atoms with E-state index in [1.807, 2.05) is 18.2 Å². The van der Waals surface area contributed by atoms with E-state index < -0.39 is 0 Å². The predicted molar refractivity (Wildman–Crippen MR) is 108 cm³/mol. The Labute approximate surface area is 162 Å². The van der Waals surface area contributed by atoms with Gasteiger partial charge in [0.15, 0.2) is 0 Å². The zero-order valence-corrected chi connectivity index (χ0v) is 15.2. The molecule has 0 unspecified atom stereocenters. The normalized spacial score (nSPS) is 15.0. The van der Waals surface area contributed by atoms with Crippen molar-refractivity contribution in [1.29, 1.82) is 0 Å². The average Bonchev–Trinajstić information content (AvgIpc) is 3.14. The fourth-order valence-electron chi connectivity index (χ4n) is 4.93. The molecular weight excluding hydrogens is 348 g/mol. The molecule has 4 heteroatoms. The topological polar surface area (TPSA) is 26.6 Å². The van der Waals surface area contributed by atoms with Gasteiger partial charge in [0, 0.05) is 29.9 Å². The number of rotatable bonds is 1. The van der Waals surface area contributed by atoms with Gasteiger partial charge in [0.25, 0.3) is 0 Å². The van der Waals surface area contributed by atoms with E-state index in [0.717, 1.165) is 45.8 Å². The second kappa shape index (κ2) is 4.78. The van der Waals surface area contributed by atoms with Crippen LogP contribution in [-0.2, 0) is 7.05 Å². The van der Waals surface area contributed by atoms with Crippen LogP contribution in [0.25, 0.3) is 0 Å². The number of hydrogen-bond acceptors (Lipinski definition) is 3. The van der Waals surface area contributed by atoms with Gasteiger partial charge >= 0.3 is 0 Å². The number of ether oxygens (including phenoxy) is 2. The Morgan fingerprint density at radius 3 is 1.71 bits per heavy atom. The largest absolute Gasteiger partial charge is 0.457 e. The third-order valence-electron chi connectivity index (χ3n) is 6.05. The fourth-order valence-corrected chi connectivity index (χ4v) is 4.93. The summed E-state index contributed by atoms with van der Waals surface area (Å²) in [4.78, 5) is 2.32. The molecule has 0 N–H and O–H groups in total. The molecule has 0 saturated heterocycles. The van der Waals surface area contributed by atoms with Crippen LogP contribution in [0.2, 0.25) is 0 Å². The van der Waals surface area contributed by atoms with Gasteiger partial charge in [-0.25, -0.2) is 0 Å². The van der Waals surface area contributed by atoms with E-state index in [1.165, 1.54) is 11.1 Å². The lowest BCUT2D eigenvalue weighted by molar-refractivity contribution is 0.409. The van der Waals surface area contributed by atoms with Gasteiger partial charge in [-0.1, -0.05) is 18.2 Å². The molecule has 0 bridgehead atoms. The smallest absolute Gasteiger partial charge is 0.135 e. The summed E-state index contributed by atoms with van der Waals surface area (Å²) in [6.07, 6.45) is 2.08. The third-order valence-corrected chi connectivity index (χ3v) is 6.05. The summed E-state index contributed by atoms with van der Waals surface area (Å²) in [5.74, 6) is 4.87. The van der Waals surface area contributed by atoms with Crippen molar-refractivity contribution in [3.8, 4) is 23.0 Å². The molecule has 134 valence electrons. The zero-order chi connectivity index (χ0) is 18.4. The van der Waals surface area contributed by atoms with Crippen molar-refractivity contribution >= 4 is 17.2 Å². The molecule has 4 heterocycles. The van der Waals surface area contributed by atoms with Gasteiger partial charge in [0.05, 0.1) is 17.3 Å². The first-order chi connectivity index (χ1) is 13.8. The van der Waals surface area contributed by atoms with Crippen molar-refractivity contribution < 1.29 is 9.47 Å². The number of nitrogens with zero attached hydrogens (tertiary/aromatic N) is 2. The third kappa shape index (κ3) is 1.58. The maximum atomic E-state index is 6.33. The monoisotopic (exact) mass is 364 g/mol. The molecule has 0 aliphatic carbocycles. The first-order valence-electron chi connectivity index (χ1n) is 9.47. The molecule has 4 nitrogen and oxygen atoms in total. The van der Waals surface area contributed by atoms with Gasteiger partial charge in [0.2, 0.25) is 0 Å². The lowest BCUT2D eigenvalue weighted by Crippen LogP contribution is -2.28. The Balaban J connectivity index is 1.64. The molecule has 0 radical (unpaired) electrons. The number of aryl methyl sites for hydroxylation is 1. The highest BCUT2D eigenvalue weighted by atomic mass is 16.5. The minimum absolute atomic E-state index is 0.127. The van der Waals surface area contributed by atoms with E-state index in [1.54, 1.807) is 0 Å². The number of anilines is 3. The van der Waals surface area contributed by atoms with E-state index in [-0.39, 0.29) is 5.92 Å². The minimum Gasteiger partial charge on any atom is -0.457 e. The number of aromatic nitrogens is 1. The molecule has 0 atom stereocenters. The molecule has 3 aromatic carbocycles. The lowest BCUT2D eigenvalue weighted by Gasteiger charge is -2.43.